The SMILES string of the molecule is Cc1ccc(F)c(Nc2cc(=NCC3CC3)n3ncc(=Cc4cc(O)[nH]c4O)c3n2)c1. The first kappa shape index (κ1) is 19.1. The van der Waals surface area contributed by atoms with Gasteiger partial charge in [0.25, 0.3) is 0 Å². The van der Waals surface area contributed by atoms with E-state index in [0.29, 0.717) is 45.9 Å². The Kier molecular flexibility index (Phi) is 4.58. The molecule has 1 fully saturated rings. The van der Waals surface area contributed by atoms with Crippen LogP contribution in [0.3, 0.4) is 0 Å². The van der Waals surface area contributed by atoms with Crippen molar-refractivity contribution in [1.29, 1.82) is 0 Å². The Hall–Kier alpha value is -3.88. The molecule has 1 aliphatic carbocycles. The summed E-state index contributed by atoms with van der Waals surface area (Å²) in [5, 5.41) is 27.6. The molecule has 0 aliphatic heterocycles. The fraction of sp³-hybridized carbons (Fsp3) is 0.227. The molecule has 1 saturated carbocycles. The van der Waals surface area contributed by atoms with E-state index in [0.717, 1.165) is 5.56 Å². The maximum Gasteiger partial charge on any atom is 0.198 e. The van der Waals surface area contributed by atoms with Gasteiger partial charge in [0, 0.05) is 29.5 Å². The number of nitrogens with one attached hydrogen (secondary N) is 2. The topological polar surface area (TPSA) is 111 Å². The highest BCUT2D eigenvalue weighted by Crippen LogP contribution is 2.28. The maximum atomic E-state index is 14.3. The molecule has 9 heteroatoms. The summed E-state index contributed by atoms with van der Waals surface area (Å²) >= 11 is 0. The first-order valence-electron chi connectivity index (χ1n) is 10.0. The molecule has 3 heterocycles. The highest BCUT2D eigenvalue weighted by molar-refractivity contribution is 5.64. The second kappa shape index (κ2) is 7.42. The van der Waals surface area contributed by atoms with Crippen LogP contribution in [0.25, 0.3) is 11.7 Å². The van der Waals surface area contributed by atoms with Crippen molar-refractivity contribution in [2.75, 3.05) is 11.9 Å². The van der Waals surface area contributed by atoms with E-state index in [1.165, 1.54) is 25.0 Å². The standard InChI is InChI=1S/C22H21FN6O2/c1-12-2-5-16(23)17(6-12)26-18-9-19(24-10-13-3-4-13)29-21(27-18)15(11-25-29)7-14-8-20(30)28-22(14)31/h2,5-9,11,13,26,28,30-31H,3-4,10H2,1H3. The number of H-pyrrole nitrogens is 1. The minimum atomic E-state index is -0.378. The second-order valence-corrected chi connectivity index (χ2v) is 7.83. The molecular formula is C22H21FN6O2. The van der Waals surface area contributed by atoms with Gasteiger partial charge < -0.3 is 15.5 Å². The Morgan fingerprint density at radius 3 is 2.87 bits per heavy atom. The van der Waals surface area contributed by atoms with Crippen molar-refractivity contribution in [2.45, 2.75) is 19.8 Å². The number of halogens is 1. The third-order valence-corrected chi connectivity index (χ3v) is 5.20. The molecule has 31 heavy (non-hydrogen) atoms. The molecule has 8 nitrogen and oxygen atoms in total. The molecule has 4 aromatic rings. The molecule has 0 unspecified atom stereocenters. The predicted molar refractivity (Wildman–Crippen MR) is 113 cm³/mol. The zero-order valence-electron chi connectivity index (χ0n) is 16.8. The number of aromatic amines is 1. The summed E-state index contributed by atoms with van der Waals surface area (Å²) in [4.78, 5) is 11.7. The third kappa shape index (κ3) is 3.94. The summed E-state index contributed by atoms with van der Waals surface area (Å²) in [6.45, 7) is 2.59. The number of hydrogen-bond donors (Lipinski definition) is 4. The highest BCUT2D eigenvalue weighted by Gasteiger charge is 2.20. The summed E-state index contributed by atoms with van der Waals surface area (Å²) < 4.78 is 15.9. The average molecular weight is 420 g/mol. The number of fused-ring (bicyclic) bond motifs is 1. The molecule has 0 radical (unpaired) electrons. The second-order valence-electron chi connectivity index (χ2n) is 7.83. The van der Waals surface area contributed by atoms with Crippen LogP contribution in [0.2, 0.25) is 0 Å². The number of aromatic nitrogens is 4. The van der Waals surface area contributed by atoms with E-state index in [2.05, 4.69) is 20.4 Å². The first-order chi connectivity index (χ1) is 15.0. The normalized spacial score (nSPS) is 15.2. The summed E-state index contributed by atoms with van der Waals surface area (Å²) in [6.07, 6.45) is 5.61. The monoisotopic (exact) mass is 420 g/mol. The Morgan fingerprint density at radius 1 is 1.29 bits per heavy atom. The molecule has 4 N–H and O–H groups in total. The molecule has 3 aromatic heterocycles. The smallest absolute Gasteiger partial charge is 0.198 e. The van der Waals surface area contributed by atoms with Gasteiger partial charge in [-0.2, -0.15) is 9.61 Å². The van der Waals surface area contributed by atoms with E-state index in [1.54, 1.807) is 35.0 Å². The van der Waals surface area contributed by atoms with E-state index in [-0.39, 0.29) is 17.6 Å². The zero-order chi connectivity index (χ0) is 21.5. The van der Waals surface area contributed by atoms with Crippen LogP contribution in [0, 0.1) is 18.7 Å². The summed E-state index contributed by atoms with van der Waals surface area (Å²) in [6, 6.07) is 7.98. The molecule has 0 spiro atoms. The van der Waals surface area contributed by atoms with E-state index in [9.17, 15) is 14.6 Å². The lowest BCUT2D eigenvalue weighted by Gasteiger charge is -2.08. The Morgan fingerprint density at radius 2 is 2.13 bits per heavy atom. The molecule has 0 bridgehead atoms. The number of nitrogens with zero attached hydrogens (tertiary/aromatic N) is 4. The first-order valence-corrected chi connectivity index (χ1v) is 10.0. The van der Waals surface area contributed by atoms with Crippen molar-refractivity contribution >= 4 is 23.2 Å². The van der Waals surface area contributed by atoms with Crippen molar-refractivity contribution in [1.82, 2.24) is 19.6 Å². The van der Waals surface area contributed by atoms with Crippen molar-refractivity contribution in [3.63, 3.8) is 0 Å². The van der Waals surface area contributed by atoms with Crippen LogP contribution in [-0.2, 0) is 0 Å². The Bertz CT molecular complexity index is 1400. The number of benzene rings is 1. The average Bonchev–Trinajstić information content (AvgIpc) is 3.40. The number of anilines is 2. The lowest BCUT2D eigenvalue weighted by Crippen LogP contribution is -2.20. The molecule has 158 valence electrons. The molecule has 1 aromatic carbocycles. The van der Waals surface area contributed by atoms with Gasteiger partial charge in [0.2, 0.25) is 0 Å². The van der Waals surface area contributed by atoms with Crippen molar-refractivity contribution in [3.8, 4) is 11.8 Å². The van der Waals surface area contributed by atoms with Crippen molar-refractivity contribution in [3.05, 3.63) is 64.2 Å². The molecular weight excluding hydrogens is 399 g/mol. The predicted octanol–water partition coefficient (Wildman–Crippen LogP) is 2.52. The largest absolute Gasteiger partial charge is 0.494 e. The molecule has 5 rings (SSSR count). The number of rotatable bonds is 5. The van der Waals surface area contributed by atoms with Gasteiger partial charge in [0.15, 0.2) is 22.9 Å². The zero-order valence-corrected chi connectivity index (χ0v) is 16.8. The van der Waals surface area contributed by atoms with Gasteiger partial charge in [-0.25, -0.2) is 9.37 Å². The third-order valence-electron chi connectivity index (χ3n) is 5.20. The molecule has 0 atom stereocenters. The number of aromatic hydroxyl groups is 2. The lowest BCUT2D eigenvalue weighted by molar-refractivity contribution is 0.425. The Labute approximate surface area is 176 Å². The van der Waals surface area contributed by atoms with Crippen LogP contribution in [0.15, 0.2) is 41.5 Å². The molecule has 1 aliphatic rings. The maximum absolute atomic E-state index is 14.3. The summed E-state index contributed by atoms with van der Waals surface area (Å²) in [7, 11) is 0. The summed E-state index contributed by atoms with van der Waals surface area (Å²) in [5.41, 5.74) is 2.74. The van der Waals surface area contributed by atoms with Crippen LogP contribution in [-0.4, -0.2) is 36.3 Å². The molecule has 0 amide bonds. The van der Waals surface area contributed by atoms with E-state index < -0.39 is 0 Å². The van der Waals surface area contributed by atoms with E-state index in [4.69, 9.17) is 4.99 Å². The van der Waals surface area contributed by atoms with E-state index in [1.807, 2.05) is 6.92 Å². The van der Waals surface area contributed by atoms with Gasteiger partial charge in [-0.1, -0.05) is 6.07 Å². The minimum absolute atomic E-state index is 0.148. The molecule has 0 saturated heterocycles. The van der Waals surface area contributed by atoms with Gasteiger partial charge in [-0.15, -0.1) is 0 Å². The van der Waals surface area contributed by atoms with Gasteiger partial charge >= 0.3 is 0 Å². The fourth-order valence-corrected chi connectivity index (χ4v) is 3.36. The van der Waals surface area contributed by atoms with Crippen LogP contribution in [0.4, 0.5) is 15.9 Å². The number of hydrogen-bond acceptors (Lipinski definition) is 6. The number of aryl methyl sites for hydroxylation is 1. The summed E-state index contributed by atoms with van der Waals surface area (Å²) in [5.74, 6) is 0.340. The van der Waals surface area contributed by atoms with Gasteiger partial charge in [-0.3, -0.25) is 9.98 Å². The van der Waals surface area contributed by atoms with Gasteiger partial charge in [0.05, 0.1) is 11.9 Å². The van der Waals surface area contributed by atoms with E-state index >= 15 is 0 Å². The Balaban J connectivity index is 1.66. The van der Waals surface area contributed by atoms with Crippen LogP contribution in [0.5, 0.6) is 11.8 Å². The fourth-order valence-electron chi connectivity index (χ4n) is 3.36. The highest BCUT2D eigenvalue weighted by atomic mass is 19.1. The van der Waals surface area contributed by atoms with Crippen molar-refractivity contribution in [2.24, 2.45) is 10.9 Å². The van der Waals surface area contributed by atoms with Gasteiger partial charge in [0.1, 0.15) is 11.6 Å². The minimum Gasteiger partial charge on any atom is -0.494 e. The van der Waals surface area contributed by atoms with Gasteiger partial charge in [-0.05, 0) is 49.5 Å². The van der Waals surface area contributed by atoms with Crippen LogP contribution in [0.1, 0.15) is 24.0 Å². The lowest BCUT2D eigenvalue weighted by atomic mass is 10.2. The van der Waals surface area contributed by atoms with Crippen LogP contribution < -0.4 is 16.0 Å². The van der Waals surface area contributed by atoms with Crippen molar-refractivity contribution < 1.29 is 14.6 Å². The quantitative estimate of drug-likeness (QED) is 0.397. The van der Waals surface area contributed by atoms with Crippen LogP contribution >= 0.6 is 0 Å².